The van der Waals surface area contributed by atoms with Gasteiger partial charge in [-0.1, -0.05) is 24.3 Å². The molecule has 1 unspecified atom stereocenters. The summed E-state index contributed by atoms with van der Waals surface area (Å²) in [4.78, 5) is 14.7. The number of rotatable bonds is 9. The topological polar surface area (TPSA) is 62.8 Å². The van der Waals surface area contributed by atoms with E-state index >= 15 is 0 Å². The number of ether oxygens (including phenoxy) is 2. The van der Waals surface area contributed by atoms with Crippen LogP contribution in [0.4, 0.5) is 10.5 Å². The molecule has 2 amide bonds. The van der Waals surface area contributed by atoms with Crippen LogP contribution in [0, 0.1) is 5.92 Å². The smallest absolute Gasteiger partial charge is 0.319 e. The van der Waals surface area contributed by atoms with Gasteiger partial charge in [0.25, 0.3) is 0 Å². The van der Waals surface area contributed by atoms with Crippen LogP contribution in [0.3, 0.4) is 0 Å². The summed E-state index contributed by atoms with van der Waals surface area (Å²) in [7, 11) is 1.65. The first-order chi connectivity index (χ1) is 14.5. The first-order valence-electron chi connectivity index (χ1n) is 10.6. The second-order valence-corrected chi connectivity index (χ2v) is 8.12. The monoisotopic (exact) mass is 411 g/mol. The Morgan fingerprint density at radius 1 is 1.13 bits per heavy atom. The Morgan fingerprint density at radius 2 is 1.90 bits per heavy atom. The van der Waals surface area contributed by atoms with Gasteiger partial charge in [-0.05, 0) is 68.1 Å². The molecule has 1 fully saturated rings. The highest BCUT2D eigenvalue weighted by atomic mass is 16.5. The molecule has 0 aliphatic carbocycles. The quantitative estimate of drug-likeness (QED) is 0.647. The number of hydrogen-bond donors (Lipinski definition) is 2. The lowest BCUT2D eigenvalue weighted by Gasteiger charge is -2.20. The number of nitrogens with one attached hydrogen (secondary N) is 2. The van der Waals surface area contributed by atoms with Gasteiger partial charge < -0.3 is 25.0 Å². The fraction of sp³-hybridized carbons (Fsp3) is 0.458. The standard InChI is InChI=1S/C24H33N3O3/c1-18(2)27-12-11-21(15-27)14-25-24(28)26-22-6-4-5-20(13-22)17-30-16-19-7-9-23(29-3)10-8-19/h4-10,13,18,21H,11-12,14-17H2,1-3H3,(H2,25,26,28). The lowest BCUT2D eigenvalue weighted by molar-refractivity contribution is 0.107. The highest BCUT2D eigenvalue weighted by molar-refractivity contribution is 5.89. The second-order valence-electron chi connectivity index (χ2n) is 8.12. The van der Waals surface area contributed by atoms with Gasteiger partial charge >= 0.3 is 6.03 Å². The third-order valence-electron chi connectivity index (χ3n) is 5.48. The van der Waals surface area contributed by atoms with Crippen molar-refractivity contribution in [2.24, 2.45) is 5.92 Å². The molecule has 1 aliphatic heterocycles. The van der Waals surface area contributed by atoms with Gasteiger partial charge in [0.1, 0.15) is 5.75 Å². The lowest BCUT2D eigenvalue weighted by atomic mass is 10.1. The highest BCUT2D eigenvalue weighted by Crippen LogP contribution is 2.18. The SMILES string of the molecule is COc1ccc(COCc2cccc(NC(=O)NCC3CCN(C(C)C)C3)c2)cc1. The summed E-state index contributed by atoms with van der Waals surface area (Å²) < 4.78 is 11.0. The van der Waals surface area contributed by atoms with Crippen LogP contribution in [-0.4, -0.2) is 43.7 Å². The largest absolute Gasteiger partial charge is 0.497 e. The Kier molecular flexibility index (Phi) is 8.11. The van der Waals surface area contributed by atoms with E-state index in [1.807, 2.05) is 48.5 Å². The minimum absolute atomic E-state index is 0.158. The van der Waals surface area contributed by atoms with Crippen molar-refractivity contribution in [1.82, 2.24) is 10.2 Å². The molecule has 6 heteroatoms. The number of hydrogen-bond acceptors (Lipinski definition) is 4. The first-order valence-corrected chi connectivity index (χ1v) is 10.6. The number of anilines is 1. The molecule has 1 heterocycles. The van der Waals surface area contributed by atoms with Gasteiger partial charge in [0, 0.05) is 24.8 Å². The number of carbonyl (C=O) groups is 1. The van der Waals surface area contributed by atoms with E-state index in [1.54, 1.807) is 7.11 Å². The maximum Gasteiger partial charge on any atom is 0.319 e. The Bertz CT molecular complexity index is 808. The van der Waals surface area contributed by atoms with Crippen molar-refractivity contribution in [3.05, 3.63) is 59.7 Å². The van der Waals surface area contributed by atoms with Gasteiger partial charge in [-0.3, -0.25) is 0 Å². The van der Waals surface area contributed by atoms with Crippen molar-refractivity contribution in [3.63, 3.8) is 0 Å². The van der Waals surface area contributed by atoms with Crippen LogP contribution in [-0.2, 0) is 18.0 Å². The number of nitrogens with zero attached hydrogens (tertiary/aromatic N) is 1. The number of methoxy groups -OCH3 is 1. The summed E-state index contributed by atoms with van der Waals surface area (Å²) in [6.45, 7) is 8.32. The van der Waals surface area contributed by atoms with Gasteiger partial charge in [-0.25, -0.2) is 4.79 Å². The molecule has 0 aromatic heterocycles. The Hall–Kier alpha value is -2.57. The zero-order valence-electron chi connectivity index (χ0n) is 18.2. The molecule has 1 aliphatic rings. The molecule has 6 nitrogen and oxygen atoms in total. The number of urea groups is 1. The zero-order valence-corrected chi connectivity index (χ0v) is 18.2. The minimum Gasteiger partial charge on any atom is -0.497 e. The van der Waals surface area contributed by atoms with Crippen molar-refractivity contribution in [1.29, 1.82) is 0 Å². The third kappa shape index (κ3) is 6.75. The summed E-state index contributed by atoms with van der Waals surface area (Å²) in [6.07, 6.45) is 1.14. The molecule has 2 N–H and O–H groups in total. The van der Waals surface area contributed by atoms with E-state index in [9.17, 15) is 4.79 Å². The first kappa shape index (κ1) is 22.1. The minimum atomic E-state index is -0.158. The molecule has 1 atom stereocenters. The van der Waals surface area contributed by atoms with E-state index in [0.717, 1.165) is 42.1 Å². The average Bonchev–Trinajstić information content (AvgIpc) is 3.23. The number of amides is 2. The molecule has 0 radical (unpaired) electrons. The summed E-state index contributed by atoms with van der Waals surface area (Å²) in [5.41, 5.74) is 2.88. The van der Waals surface area contributed by atoms with Gasteiger partial charge in [0.15, 0.2) is 0 Å². The van der Waals surface area contributed by atoms with Gasteiger partial charge in [-0.15, -0.1) is 0 Å². The Morgan fingerprint density at radius 3 is 2.60 bits per heavy atom. The summed E-state index contributed by atoms with van der Waals surface area (Å²) in [5.74, 6) is 1.36. The maximum absolute atomic E-state index is 12.3. The Labute approximate surface area is 179 Å². The van der Waals surface area contributed by atoms with E-state index in [4.69, 9.17) is 9.47 Å². The summed E-state index contributed by atoms with van der Waals surface area (Å²) in [5, 5.41) is 5.94. The van der Waals surface area contributed by atoms with E-state index in [2.05, 4.69) is 29.4 Å². The molecule has 1 saturated heterocycles. The number of likely N-dealkylation sites (tertiary alicyclic amines) is 1. The third-order valence-corrected chi connectivity index (χ3v) is 5.48. The normalized spacial score (nSPS) is 16.6. The molecule has 0 saturated carbocycles. The van der Waals surface area contributed by atoms with Gasteiger partial charge in [0.05, 0.1) is 20.3 Å². The maximum atomic E-state index is 12.3. The average molecular weight is 412 g/mol. The van der Waals surface area contributed by atoms with Crippen LogP contribution in [0.2, 0.25) is 0 Å². The van der Waals surface area contributed by atoms with Crippen LogP contribution in [0.5, 0.6) is 5.75 Å². The van der Waals surface area contributed by atoms with Crippen LogP contribution >= 0.6 is 0 Å². The van der Waals surface area contributed by atoms with Crippen molar-refractivity contribution < 1.29 is 14.3 Å². The van der Waals surface area contributed by atoms with Crippen LogP contribution in [0.15, 0.2) is 48.5 Å². The molecule has 0 bridgehead atoms. The van der Waals surface area contributed by atoms with E-state index in [0.29, 0.717) is 31.7 Å². The fourth-order valence-corrected chi connectivity index (χ4v) is 3.66. The van der Waals surface area contributed by atoms with Crippen molar-refractivity contribution in [3.8, 4) is 5.75 Å². The molecule has 2 aromatic carbocycles. The molecule has 0 spiro atoms. The zero-order chi connectivity index (χ0) is 21.3. The van der Waals surface area contributed by atoms with E-state index < -0.39 is 0 Å². The predicted molar refractivity (Wildman–Crippen MR) is 120 cm³/mol. The van der Waals surface area contributed by atoms with E-state index in [1.165, 1.54) is 0 Å². The van der Waals surface area contributed by atoms with Gasteiger partial charge in [-0.2, -0.15) is 0 Å². The lowest BCUT2D eigenvalue weighted by Crippen LogP contribution is -2.35. The predicted octanol–water partition coefficient (Wildman–Crippen LogP) is 4.26. The van der Waals surface area contributed by atoms with E-state index in [-0.39, 0.29) is 6.03 Å². The van der Waals surface area contributed by atoms with Crippen molar-refractivity contribution in [2.75, 3.05) is 32.1 Å². The Balaban J connectivity index is 1.40. The summed E-state index contributed by atoms with van der Waals surface area (Å²) >= 11 is 0. The van der Waals surface area contributed by atoms with Crippen LogP contribution in [0.1, 0.15) is 31.4 Å². The second kappa shape index (κ2) is 11.0. The molecule has 3 rings (SSSR count). The fourth-order valence-electron chi connectivity index (χ4n) is 3.66. The molecular weight excluding hydrogens is 378 g/mol. The van der Waals surface area contributed by atoms with Crippen LogP contribution < -0.4 is 15.4 Å². The molecule has 162 valence electrons. The highest BCUT2D eigenvalue weighted by Gasteiger charge is 2.24. The molecule has 30 heavy (non-hydrogen) atoms. The molecule has 2 aromatic rings. The summed E-state index contributed by atoms with van der Waals surface area (Å²) in [6, 6.07) is 16.0. The van der Waals surface area contributed by atoms with Gasteiger partial charge in [0.2, 0.25) is 0 Å². The molecular formula is C24H33N3O3. The number of carbonyl (C=O) groups excluding carboxylic acids is 1. The van der Waals surface area contributed by atoms with Crippen molar-refractivity contribution >= 4 is 11.7 Å². The van der Waals surface area contributed by atoms with Crippen LogP contribution in [0.25, 0.3) is 0 Å². The van der Waals surface area contributed by atoms with Crippen molar-refractivity contribution in [2.45, 2.75) is 39.5 Å². The number of benzene rings is 2.